The fourth-order valence-corrected chi connectivity index (χ4v) is 2.99. The lowest BCUT2D eigenvalue weighted by Crippen LogP contribution is -2.34. The van der Waals surface area contributed by atoms with Crippen LogP contribution >= 0.6 is 0 Å². The first-order chi connectivity index (χ1) is 10.6. The van der Waals surface area contributed by atoms with Gasteiger partial charge in [-0.25, -0.2) is 9.78 Å². The Hall–Kier alpha value is -2.15. The first-order valence-corrected chi connectivity index (χ1v) is 7.52. The zero-order valence-corrected chi connectivity index (χ0v) is 12.5. The summed E-state index contributed by atoms with van der Waals surface area (Å²) in [6.45, 7) is 4.91. The van der Waals surface area contributed by atoms with Crippen molar-refractivity contribution >= 4 is 17.1 Å². The van der Waals surface area contributed by atoms with Crippen molar-refractivity contribution < 1.29 is 14.3 Å². The number of nitrogens with zero attached hydrogens (tertiary/aromatic N) is 3. The lowest BCUT2D eigenvalue weighted by Gasteiger charge is -2.26. The second kappa shape index (κ2) is 5.92. The van der Waals surface area contributed by atoms with Crippen LogP contribution in [-0.4, -0.2) is 45.2 Å². The van der Waals surface area contributed by atoms with Gasteiger partial charge in [0.1, 0.15) is 23.0 Å². The van der Waals surface area contributed by atoms with Crippen molar-refractivity contribution in [2.75, 3.05) is 19.6 Å². The lowest BCUT2D eigenvalue weighted by atomic mass is 10.1. The van der Waals surface area contributed by atoms with Gasteiger partial charge in [0.05, 0.1) is 0 Å². The Bertz CT molecular complexity index is 756. The summed E-state index contributed by atoms with van der Waals surface area (Å²) < 4.78 is 6.75. The predicted octanol–water partition coefficient (Wildman–Crippen LogP) is 1.48. The number of furan rings is 1. The number of carbonyl (C=O) groups is 1. The predicted molar refractivity (Wildman–Crippen MR) is 80.3 cm³/mol. The molecule has 3 rings (SSSR count). The number of aryl methyl sites for hydroxylation is 1. The minimum absolute atomic E-state index is 0.0612. The molecule has 0 spiro atoms. The number of rotatable bonds is 4. The van der Waals surface area contributed by atoms with E-state index in [1.54, 1.807) is 0 Å². The maximum absolute atomic E-state index is 12.5. The number of hydrogen-bond donors (Lipinski definition) is 1. The molecule has 2 aromatic heterocycles. The number of aromatic carboxylic acids is 1. The van der Waals surface area contributed by atoms with Gasteiger partial charge in [-0.05, 0) is 32.9 Å². The molecule has 1 fully saturated rings. The van der Waals surface area contributed by atoms with Gasteiger partial charge in [0, 0.05) is 13.1 Å². The molecule has 2 aromatic rings. The standard InChI is InChI=1S/C15H19N3O4/c1-10-11(15(20)21)12-13(22-10)16-9-18(14(12)19)8-7-17-5-3-2-4-6-17/h9H,2-8H2,1H3,(H,20,21). The van der Waals surface area contributed by atoms with Crippen LogP contribution in [0, 0.1) is 6.92 Å². The molecule has 118 valence electrons. The zero-order chi connectivity index (χ0) is 15.7. The summed E-state index contributed by atoms with van der Waals surface area (Å²) in [5.41, 5.74) is -0.342. The fraction of sp³-hybridized carbons (Fsp3) is 0.533. The molecule has 1 aliphatic heterocycles. The maximum atomic E-state index is 12.5. The Balaban J connectivity index is 1.90. The summed E-state index contributed by atoms with van der Waals surface area (Å²) >= 11 is 0. The van der Waals surface area contributed by atoms with Crippen molar-refractivity contribution in [3.05, 3.63) is 28.0 Å². The van der Waals surface area contributed by atoms with Gasteiger partial charge in [0.2, 0.25) is 5.71 Å². The highest BCUT2D eigenvalue weighted by Gasteiger charge is 2.22. The molecular formula is C15H19N3O4. The van der Waals surface area contributed by atoms with Crippen molar-refractivity contribution in [1.29, 1.82) is 0 Å². The molecule has 0 unspecified atom stereocenters. The molecule has 0 atom stereocenters. The van der Waals surface area contributed by atoms with Crippen molar-refractivity contribution in [2.45, 2.75) is 32.7 Å². The fourth-order valence-electron chi connectivity index (χ4n) is 2.99. The third-order valence-electron chi connectivity index (χ3n) is 4.17. The van der Waals surface area contributed by atoms with Gasteiger partial charge >= 0.3 is 5.97 Å². The highest BCUT2D eigenvalue weighted by Crippen LogP contribution is 2.20. The van der Waals surface area contributed by atoms with E-state index >= 15 is 0 Å². The Kier molecular flexibility index (Phi) is 3.98. The molecule has 0 amide bonds. The smallest absolute Gasteiger partial charge is 0.340 e. The molecule has 7 heteroatoms. The average molecular weight is 305 g/mol. The molecular weight excluding hydrogens is 286 g/mol. The molecule has 22 heavy (non-hydrogen) atoms. The molecule has 0 aromatic carbocycles. The number of piperidine rings is 1. The Morgan fingerprint density at radius 2 is 2.05 bits per heavy atom. The molecule has 7 nitrogen and oxygen atoms in total. The Morgan fingerprint density at radius 1 is 1.32 bits per heavy atom. The molecule has 0 aliphatic carbocycles. The molecule has 0 radical (unpaired) electrons. The van der Waals surface area contributed by atoms with Crippen LogP contribution < -0.4 is 5.56 Å². The van der Waals surface area contributed by atoms with E-state index in [0.717, 1.165) is 19.6 Å². The Morgan fingerprint density at radius 3 is 2.73 bits per heavy atom. The molecule has 1 N–H and O–H groups in total. The average Bonchev–Trinajstić information content (AvgIpc) is 2.85. The number of hydrogen-bond acceptors (Lipinski definition) is 5. The van der Waals surface area contributed by atoms with Crippen LogP contribution in [0.25, 0.3) is 11.1 Å². The first kappa shape index (κ1) is 14.8. The summed E-state index contributed by atoms with van der Waals surface area (Å²) in [6.07, 6.45) is 5.08. The van der Waals surface area contributed by atoms with Gasteiger partial charge < -0.3 is 14.4 Å². The summed E-state index contributed by atoms with van der Waals surface area (Å²) in [5.74, 6) is -0.954. The normalized spacial score (nSPS) is 16.2. The molecule has 1 saturated heterocycles. The highest BCUT2D eigenvalue weighted by molar-refractivity contribution is 6.02. The van der Waals surface area contributed by atoms with E-state index in [2.05, 4.69) is 9.88 Å². The van der Waals surface area contributed by atoms with Gasteiger partial charge in [-0.2, -0.15) is 0 Å². The molecule has 1 aliphatic rings. The third kappa shape index (κ3) is 2.64. The van der Waals surface area contributed by atoms with Gasteiger partial charge in [0.15, 0.2) is 0 Å². The van der Waals surface area contributed by atoms with Crippen molar-refractivity contribution in [3.63, 3.8) is 0 Å². The van der Waals surface area contributed by atoms with E-state index in [-0.39, 0.29) is 28.0 Å². The summed E-state index contributed by atoms with van der Waals surface area (Å²) in [4.78, 5) is 30.2. The van der Waals surface area contributed by atoms with Crippen molar-refractivity contribution in [3.8, 4) is 0 Å². The summed E-state index contributed by atoms with van der Waals surface area (Å²) in [5, 5.41) is 9.32. The van der Waals surface area contributed by atoms with Crippen molar-refractivity contribution in [1.82, 2.24) is 14.5 Å². The highest BCUT2D eigenvalue weighted by atomic mass is 16.4. The zero-order valence-electron chi connectivity index (χ0n) is 12.5. The van der Waals surface area contributed by atoms with Crippen molar-refractivity contribution in [2.24, 2.45) is 0 Å². The van der Waals surface area contributed by atoms with E-state index in [9.17, 15) is 14.7 Å². The number of carboxylic acid groups (broad SMARTS) is 1. The maximum Gasteiger partial charge on any atom is 0.340 e. The second-order valence-corrected chi connectivity index (χ2v) is 5.66. The minimum atomic E-state index is -1.16. The van der Waals surface area contributed by atoms with E-state index in [1.165, 1.54) is 37.1 Å². The minimum Gasteiger partial charge on any atom is -0.478 e. The lowest BCUT2D eigenvalue weighted by molar-refractivity contribution is 0.0697. The van der Waals surface area contributed by atoms with Crippen LogP contribution in [0.1, 0.15) is 35.4 Å². The number of carboxylic acids is 1. The molecule has 0 bridgehead atoms. The van der Waals surface area contributed by atoms with Gasteiger partial charge in [-0.15, -0.1) is 0 Å². The van der Waals surface area contributed by atoms with E-state index < -0.39 is 5.97 Å². The second-order valence-electron chi connectivity index (χ2n) is 5.66. The van der Waals surface area contributed by atoms with Gasteiger partial charge in [0.25, 0.3) is 5.56 Å². The van der Waals surface area contributed by atoms with E-state index in [4.69, 9.17) is 4.42 Å². The van der Waals surface area contributed by atoms with Gasteiger partial charge in [-0.3, -0.25) is 9.36 Å². The molecule has 3 heterocycles. The summed E-state index contributed by atoms with van der Waals surface area (Å²) in [6, 6.07) is 0. The SMILES string of the molecule is Cc1oc2ncn(CCN3CCCCC3)c(=O)c2c1C(=O)O. The molecule has 0 saturated carbocycles. The van der Waals surface area contributed by atoms with Crippen LogP contribution in [0.4, 0.5) is 0 Å². The third-order valence-corrected chi connectivity index (χ3v) is 4.17. The topological polar surface area (TPSA) is 88.6 Å². The number of fused-ring (bicyclic) bond motifs is 1. The van der Waals surface area contributed by atoms with Crippen LogP contribution in [0.3, 0.4) is 0 Å². The van der Waals surface area contributed by atoms with Crippen LogP contribution in [0.5, 0.6) is 0 Å². The van der Waals surface area contributed by atoms with Crippen LogP contribution in [0.15, 0.2) is 15.5 Å². The largest absolute Gasteiger partial charge is 0.478 e. The number of aromatic nitrogens is 2. The first-order valence-electron chi connectivity index (χ1n) is 7.52. The van der Waals surface area contributed by atoms with Crippen LogP contribution in [0.2, 0.25) is 0 Å². The monoisotopic (exact) mass is 305 g/mol. The quantitative estimate of drug-likeness (QED) is 0.920. The van der Waals surface area contributed by atoms with E-state index in [0.29, 0.717) is 6.54 Å². The Labute approximate surface area is 127 Å². The van der Waals surface area contributed by atoms with Crippen LogP contribution in [-0.2, 0) is 6.54 Å². The van der Waals surface area contributed by atoms with E-state index in [1.807, 2.05) is 0 Å². The number of likely N-dealkylation sites (tertiary alicyclic amines) is 1. The van der Waals surface area contributed by atoms with Gasteiger partial charge in [-0.1, -0.05) is 6.42 Å². The summed E-state index contributed by atoms with van der Waals surface area (Å²) in [7, 11) is 0.